The molecule has 1 heterocycles. The minimum absolute atomic E-state index is 0.303. The zero-order valence-electron chi connectivity index (χ0n) is 18.7. The lowest BCUT2D eigenvalue weighted by Crippen LogP contribution is -2.23. The third-order valence-electron chi connectivity index (χ3n) is 4.72. The molecule has 0 bridgehead atoms. The van der Waals surface area contributed by atoms with Crippen molar-refractivity contribution in [2.24, 2.45) is 0 Å². The number of nitrogens with zero attached hydrogens (tertiary/aromatic N) is 2. The first-order chi connectivity index (χ1) is 15.3. The van der Waals surface area contributed by atoms with Crippen LogP contribution >= 0.6 is 11.6 Å². The van der Waals surface area contributed by atoms with Gasteiger partial charge in [0.1, 0.15) is 0 Å². The molecule has 0 saturated heterocycles. The van der Waals surface area contributed by atoms with Gasteiger partial charge in [0.2, 0.25) is 0 Å². The number of anilines is 1. The minimum atomic E-state index is -0.430. The van der Waals surface area contributed by atoms with Crippen LogP contribution in [0.3, 0.4) is 0 Å². The van der Waals surface area contributed by atoms with E-state index in [0.29, 0.717) is 65.2 Å². The average Bonchev–Trinajstić information content (AvgIpc) is 3.06. The summed E-state index contributed by atoms with van der Waals surface area (Å²) in [7, 11) is 3.86. The number of hydrogen-bond acceptors (Lipinski definition) is 6. The molecule has 1 N–H and O–H groups in total. The van der Waals surface area contributed by atoms with Gasteiger partial charge in [0, 0.05) is 24.3 Å². The van der Waals surface area contributed by atoms with Gasteiger partial charge in [-0.1, -0.05) is 18.5 Å². The van der Waals surface area contributed by atoms with Gasteiger partial charge in [0.05, 0.1) is 23.8 Å². The molecule has 0 unspecified atom stereocenters. The molecule has 3 aromatic rings. The largest absolute Gasteiger partial charge is 0.490 e. The number of fused-ring (bicyclic) bond motifs is 1. The molecule has 0 fully saturated rings. The maximum absolute atomic E-state index is 12.9. The molecule has 172 valence electrons. The zero-order valence-corrected chi connectivity index (χ0v) is 19.5. The Kier molecular flexibility index (Phi) is 7.82. The van der Waals surface area contributed by atoms with E-state index in [1.165, 1.54) is 0 Å². The van der Waals surface area contributed by atoms with Crippen molar-refractivity contribution in [1.29, 1.82) is 0 Å². The highest BCUT2D eigenvalue weighted by Crippen LogP contribution is 2.37. The number of nitrogens with one attached hydrogen (secondary N) is 1. The summed E-state index contributed by atoms with van der Waals surface area (Å²) in [5.74, 6) is 0.0547. The van der Waals surface area contributed by atoms with Crippen molar-refractivity contribution in [3.05, 3.63) is 51.5 Å². The van der Waals surface area contributed by atoms with Crippen molar-refractivity contribution >= 4 is 34.3 Å². The zero-order chi connectivity index (χ0) is 23.3. The second kappa shape index (κ2) is 10.6. The molecule has 0 radical (unpaired) electrons. The van der Waals surface area contributed by atoms with Crippen molar-refractivity contribution in [1.82, 2.24) is 9.47 Å². The molecular weight excluding hydrogens is 434 g/mol. The highest BCUT2D eigenvalue weighted by Gasteiger charge is 2.17. The van der Waals surface area contributed by atoms with Crippen LogP contribution in [0, 0.1) is 0 Å². The number of ether oxygens (including phenoxy) is 2. The Morgan fingerprint density at radius 2 is 1.97 bits per heavy atom. The Morgan fingerprint density at radius 1 is 1.19 bits per heavy atom. The fraction of sp³-hybridized carbons (Fsp3) is 0.391. The van der Waals surface area contributed by atoms with Gasteiger partial charge < -0.3 is 24.1 Å². The van der Waals surface area contributed by atoms with Crippen LogP contribution in [-0.4, -0.2) is 49.2 Å². The molecule has 1 amide bonds. The van der Waals surface area contributed by atoms with E-state index < -0.39 is 5.76 Å². The number of carbonyl (C=O) groups is 1. The highest BCUT2D eigenvalue weighted by atomic mass is 35.5. The molecule has 0 saturated carbocycles. The van der Waals surface area contributed by atoms with Gasteiger partial charge in [-0.3, -0.25) is 9.36 Å². The van der Waals surface area contributed by atoms with Crippen LogP contribution in [0.4, 0.5) is 5.69 Å². The third-order valence-corrected chi connectivity index (χ3v) is 5.00. The van der Waals surface area contributed by atoms with Gasteiger partial charge in [-0.25, -0.2) is 4.79 Å². The first kappa shape index (κ1) is 23.7. The lowest BCUT2D eigenvalue weighted by molar-refractivity contribution is 0.102. The second-order valence-electron chi connectivity index (χ2n) is 7.53. The molecule has 0 atom stereocenters. The molecule has 1 aromatic heterocycles. The summed E-state index contributed by atoms with van der Waals surface area (Å²) in [6.07, 6.45) is 0.820. The number of rotatable bonds is 10. The predicted octanol–water partition coefficient (Wildman–Crippen LogP) is 4.25. The van der Waals surface area contributed by atoms with Crippen molar-refractivity contribution in [2.45, 2.75) is 26.8 Å². The van der Waals surface area contributed by atoms with E-state index in [9.17, 15) is 9.59 Å². The lowest BCUT2D eigenvalue weighted by Gasteiger charge is -2.15. The predicted molar refractivity (Wildman–Crippen MR) is 125 cm³/mol. The number of likely N-dealkylation sites (N-methyl/N-ethyl adjacent to an activating group) is 1. The van der Waals surface area contributed by atoms with Crippen molar-refractivity contribution < 1.29 is 18.7 Å². The van der Waals surface area contributed by atoms with E-state index in [1.54, 1.807) is 34.9 Å². The maximum atomic E-state index is 12.9. The molecule has 0 aliphatic carbocycles. The number of carbonyl (C=O) groups excluding carboxylic acids is 1. The summed E-state index contributed by atoms with van der Waals surface area (Å²) < 4.78 is 18.2. The van der Waals surface area contributed by atoms with Crippen molar-refractivity contribution in [2.75, 3.05) is 39.2 Å². The van der Waals surface area contributed by atoms with Gasteiger partial charge in [0.15, 0.2) is 17.1 Å². The van der Waals surface area contributed by atoms with Crippen LogP contribution in [-0.2, 0) is 6.54 Å². The highest BCUT2D eigenvalue weighted by molar-refractivity contribution is 6.32. The molecule has 0 aliphatic rings. The molecule has 9 heteroatoms. The summed E-state index contributed by atoms with van der Waals surface area (Å²) >= 11 is 6.38. The molecule has 2 aromatic carbocycles. The van der Waals surface area contributed by atoms with Crippen molar-refractivity contribution in [3.8, 4) is 11.5 Å². The number of amides is 1. The Balaban J connectivity index is 1.87. The number of oxazole rings is 1. The van der Waals surface area contributed by atoms with Crippen LogP contribution in [0.2, 0.25) is 5.02 Å². The van der Waals surface area contributed by atoms with Crippen LogP contribution in [0.1, 0.15) is 30.6 Å². The molecule has 32 heavy (non-hydrogen) atoms. The standard InChI is InChI=1S/C23H28ClN3O5/c1-5-11-31-21-17(24)12-15(13-20(21)30-6-2)22(28)25-16-7-8-19-18(14-16)27(23(29)32-19)10-9-26(3)4/h7-8,12-14H,5-6,9-11H2,1-4H3,(H,25,28). The Hall–Kier alpha value is -2.97. The number of benzene rings is 2. The summed E-state index contributed by atoms with van der Waals surface area (Å²) in [5.41, 5.74) is 1.94. The molecular formula is C23H28ClN3O5. The van der Waals surface area contributed by atoms with E-state index >= 15 is 0 Å². The molecule has 0 aliphatic heterocycles. The molecule has 3 rings (SSSR count). The first-order valence-corrected chi connectivity index (χ1v) is 10.9. The second-order valence-corrected chi connectivity index (χ2v) is 7.93. The SMILES string of the molecule is CCCOc1c(Cl)cc(C(=O)Nc2ccc3oc(=O)n(CCN(C)C)c3c2)cc1OCC. The van der Waals surface area contributed by atoms with E-state index in [-0.39, 0.29) is 5.91 Å². The lowest BCUT2D eigenvalue weighted by atomic mass is 10.1. The minimum Gasteiger partial charge on any atom is -0.490 e. The van der Waals surface area contributed by atoms with E-state index in [1.807, 2.05) is 32.8 Å². The van der Waals surface area contributed by atoms with Crippen LogP contribution in [0.5, 0.6) is 11.5 Å². The fourth-order valence-electron chi connectivity index (χ4n) is 3.16. The van der Waals surface area contributed by atoms with Crippen molar-refractivity contribution in [3.63, 3.8) is 0 Å². The Bertz CT molecular complexity index is 1150. The summed E-state index contributed by atoms with van der Waals surface area (Å²) in [6, 6.07) is 8.23. The van der Waals surface area contributed by atoms with E-state index in [2.05, 4.69) is 5.32 Å². The van der Waals surface area contributed by atoms with E-state index in [0.717, 1.165) is 6.42 Å². The number of hydrogen-bond donors (Lipinski definition) is 1. The number of aromatic nitrogens is 1. The van der Waals surface area contributed by atoms with Gasteiger partial charge in [-0.2, -0.15) is 0 Å². The maximum Gasteiger partial charge on any atom is 0.419 e. The quantitative estimate of drug-likeness (QED) is 0.485. The van der Waals surface area contributed by atoms with Gasteiger partial charge in [0.25, 0.3) is 5.91 Å². The summed E-state index contributed by atoms with van der Waals surface area (Å²) in [6.45, 7) is 5.89. The topological polar surface area (TPSA) is 85.9 Å². The molecule has 8 nitrogen and oxygen atoms in total. The fourth-order valence-corrected chi connectivity index (χ4v) is 3.43. The molecule has 0 spiro atoms. The normalized spacial score (nSPS) is 11.2. The average molecular weight is 462 g/mol. The smallest absolute Gasteiger partial charge is 0.419 e. The van der Waals surface area contributed by atoms with Crippen LogP contribution in [0.25, 0.3) is 11.1 Å². The van der Waals surface area contributed by atoms with E-state index in [4.69, 9.17) is 25.5 Å². The monoisotopic (exact) mass is 461 g/mol. The first-order valence-electron chi connectivity index (χ1n) is 10.5. The van der Waals surface area contributed by atoms with Gasteiger partial charge in [-0.15, -0.1) is 0 Å². The summed E-state index contributed by atoms with van der Waals surface area (Å²) in [4.78, 5) is 27.1. The van der Waals surface area contributed by atoms with Gasteiger partial charge in [-0.05, 0) is 57.8 Å². The summed E-state index contributed by atoms with van der Waals surface area (Å²) in [5, 5.41) is 3.15. The van der Waals surface area contributed by atoms with Crippen LogP contribution in [0.15, 0.2) is 39.5 Å². The van der Waals surface area contributed by atoms with Crippen LogP contribution < -0.4 is 20.5 Å². The number of halogens is 1. The third kappa shape index (κ3) is 5.44. The Labute approximate surface area is 191 Å². The van der Waals surface area contributed by atoms with Gasteiger partial charge >= 0.3 is 5.76 Å². The Morgan fingerprint density at radius 3 is 2.66 bits per heavy atom.